The van der Waals surface area contributed by atoms with Crippen molar-refractivity contribution in [3.8, 4) is 16.9 Å². The normalized spacial score (nSPS) is 12.0. The molecule has 0 bridgehead atoms. The second-order valence-corrected chi connectivity index (χ2v) is 4.79. The minimum absolute atomic E-state index is 0.155. The third-order valence-corrected chi connectivity index (χ3v) is 3.27. The Morgan fingerprint density at radius 1 is 1.23 bits per heavy atom. The second kappa shape index (κ2) is 6.53. The molecular formula is C16H15F2NO3. The van der Waals surface area contributed by atoms with Crippen LogP contribution in [0, 0.1) is 11.6 Å². The van der Waals surface area contributed by atoms with Gasteiger partial charge in [0.25, 0.3) is 0 Å². The minimum Gasteiger partial charge on any atom is -0.496 e. The van der Waals surface area contributed by atoms with E-state index in [0.29, 0.717) is 16.9 Å². The number of hydrogen-bond acceptors (Lipinski definition) is 3. The molecule has 0 saturated heterocycles. The molecule has 2 rings (SSSR count). The summed E-state index contributed by atoms with van der Waals surface area (Å²) in [6.07, 6.45) is -0.252. The van der Waals surface area contributed by atoms with E-state index < -0.39 is 23.6 Å². The van der Waals surface area contributed by atoms with Gasteiger partial charge < -0.3 is 15.6 Å². The molecule has 2 aromatic carbocycles. The summed E-state index contributed by atoms with van der Waals surface area (Å²) in [7, 11) is 1.43. The number of ether oxygens (including phenoxy) is 1. The molecule has 0 fully saturated rings. The Morgan fingerprint density at radius 2 is 1.95 bits per heavy atom. The van der Waals surface area contributed by atoms with Crippen molar-refractivity contribution in [1.29, 1.82) is 0 Å². The summed E-state index contributed by atoms with van der Waals surface area (Å²) in [6.45, 7) is 0. The minimum atomic E-state index is -1.03. The van der Waals surface area contributed by atoms with Gasteiger partial charge in [-0.05, 0) is 29.8 Å². The zero-order valence-corrected chi connectivity index (χ0v) is 11.8. The van der Waals surface area contributed by atoms with Crippen LogP contribution in [0.1, 0.15) is 18.0 Å². The highest BCUT2D eigenvalue weighted by atomic mass is 19.1. The summed E-state index contributed by atoms with van der Waals surface area (Å²) in [6, 6.07) is 7.25. The van der Waals surface area contributed by atoms with Crippen LogP contribution in [-0.4, -0.2) is 18.2 Å². The molecular weight excluding hydrogens is 292 g/mol. The summed E-state index contributed by atoms with van der Waals surface area (Å²) >= 11 is 0. The van der Waals surface area contributed by atoms with Crippen molar-refractivity contribution in [2.24, 2.45) is 5.73 Å². The van der Waals surface area contributed by atoms with Crippen molar-refractivity contribution in [3.05, 3.63) is 53.6 Å². The predicted octanol–water partition coefficient (Wildman–Crippen LogP) is 3.11. The maximum atomic E-state index is 14.0. The van der Waals surface area contributed by atoms with Gasteiger partial charge in [-0.1, -0.05) is 6.07 Å². The molecule has 22 heavy (non-hydrogen) atoms. The van der Waals surface area contributed by atoms with Crippen LogP contribution in [0.2, 0.25) is 0 Å². The van der Waals surface area contributed by atoms with Crippen LogP contribution < -0.4 is 10.5 Å². The smallest absolute Gasteiger partial charge is 0.305 e. The van der Waals surface area contributed by atoms with Crippen LogP contribution >= 0.6 is 0 Å². The van der Waals surface area contributed by atoms with Crippen LogP contribution in [0.5, 0.6) is 5.75 Å². The van der Waals surface area contributed by atoms with E-state index in [1.807, 2.05) is 0 Å². The van der Waals surface area contributed by atoms with Gasteiger partial charge >= 0.3 is 5.97 Å². The molecule has 3 N–H and O–H groups in total. The van der Waals surface area contributed by atoms with Gasteiger partial charge in [0.15, 0.2) is 0 Å². The van der Waals surface area contributed by atoms with Crippen molar-refractivity contribution in [2.75, 3.05) is 7.11 Å². The fourth-order valence-corrected chi connectivity index (χ4v) is 2.18. The van der Waals surface area contributed by atoms with E-state index in [0.717, 1.165) is 12.1 Å². The van der Waals surface area contributed by atoms with Gasteiger partial charge in [-0.3, -0.25) is 4.79 Å². The van der Waals surface area contributed by atoms with E-state index in [4.69, 9.17) is 15.6 Å². The quantitative estimate of drug-likeness (QED) is 0.890. The average Bonchev–Trinajstić information content (AvgIpc) is 2.46. The van der Waals surface area contributed by atoms with E-state index in [-0.39, 0.29) is 12.0 Å². The Morgan fingerprint density at radius 3 is 2.55 bits per heavy atom. The summed E-state index contributed by atoms with van der Waals surface area (Å²) in [5.74, 6) is -2.06. The molecule has 116 valence electrons. The molecule has 0 spiro atoms. The third-order valence-electron chi connectivity index (χ3n) is 3.27. The molecule has 0 heterocycles. The van der Waals surface area contributed by atoms with Crippen LogP contribution in [0.4, 0.5) is 8.78 Å². The van der Waals surface area contributed by atoms with Crippen LogP contribution in [0.25, 0.3) is 11.1 Å². The molecule has 0 saturated carbocycles. The zero-order valence-electron chi connectivity index (χ0n) is 11.8. The summed E-state index contributed by atoms with van der Waals surface area (Å²) in [5, 5.41) is 8.80. The number of carbonyl (C=O) groups is 1. The van der Waals surface area contributed by atoms with Gasteiger partial charge in [-0.2, -0.15) is 0 Å². The molecule has 0 aromatic heterocycles. The fourth-order valence-electron chi connectivity index (χ4n) is 2.18. The lowest BCUT2D eigenvalue weighted by Crippen LogP contribution is -2.15. The first-order chi connectivity index (χ1) is 10.4. The van der Waals surface area contributed by atoms with E-state index in [9.17, 15) is 13.6 Å². The highest BCUT2D eigenvalue weighted by Gasteiger charge is 2.16. The molecule has 2 aromatic rings. The lowest BCUT2D eigenvalue weighted by Gasteiger charge is -2.15. The fraction of sp³-hybridized carbons (Fsp3) is 0.188. The van der Waals surface area contributed by atoms with Crippen LogP contribution in [0.3, 0.4) is 0 Å². The number of carboxylic acid groups (broad SMARTS) is 1. The second-order valence-electron chi connectivity index (χ2n) is 4.79. The van der Waals surface area contributed by atoms with Crippen molar-refractivity contribution < 1.29 is 23.4 Å². The van der Waals surface area contributed by atoms with Gasteiger partial charge in [0, 0.05) is 23.2 Å². The maximum Gasteiger partial charge on any atom is 0.305 e. The molecule has 0 radical (unpaired) electrons. The van der Waals surface area contributed by atoms with E-state index in [1.165, 1.54) is 13.2 Å². The Balaban J connectivity index is 2.51. The molecule has 1 unspecified atom stereocenters. The third kappa shape index (κ3) is 3.40. The number of halogens is 2. The summed E-state index contributed by atoms with van der Waals surface area (Å²) in [5.41, 5.74) is 6.89. The molecule has 1 atom stereocenters. The van der Waals surface area contributed by atoms with Crippen molar-refractivity contribution in [2.45, 2.75) is 12.5 Å². The van der Waals surface area contributed by atoms with Gasteiger partial charge in [0.1, 0.15) is 17.4 Å². The van der Waals surface area contributed by atoms with Gasteiger partial charge in [-0.15, -0.1) is 0 Å². The Bertz CT molecular complexity index is 704. The lowest BCUT2D eigenvalue weighted by atomic mass is 9.97. The standard InChI is InChI=1S/C16H15F2NO3/c1-22-15-5-2-9(14(19)8-16(20)21)6-12(15)11-4-3-10(17)7-13(11)18/h2-7,14H,8,19H2,1H3,(H,20,21). The first-order valence-electron chi connectivity index (χ1n) is 6.53. The summed E-state index contributed by atoms with van der Waals surface area (Å²) in [4.78, 5) is 10.7. The largest absolute Gasteiger partial charge is 0.496 e. The number of carboxylic acids is 1. The van der Waals surface area contributed by atoms with Gasteiger partial charge in [-0.25, -0.2) is 8.78 Å². The van der Waals surface area contributed by atoms with E-state index in [2.05, 4.69) is 0 Å². The maximum absolute atomic E-state index is 14.0. The SMILES string of the molecule is COc1ccc(C(N)CC(=O)O)cc1-c1ccc(F)cc1F. The zero-order chi connectivity index (χ0) is 16.3. The summed E-state index contributed by atoms with van der Waals surface area (Å²) < 4.78 is 32.2. The molecule has 0 amide bonds. The number of benzene rings is 2. The number of hydrogen-bond donors (Lipinski definition) is 2. The van der Waals surface area contributed by atoms with E-state index in [1.54, 1.807) is 18.2 Å². The van der Waals surface area contributed by atoms with Crippen molar-refractivity contribution >= 4 is 5.97 Å². The van der Waals surface area contributed by atoms with Crippen LogP contribution in [0.15, 0.2) is 36.4 Å². The Hall–Kier alpha value is -2.47. The number of aliphatic carboxylic acids is 1. The van der Waals surface area contributed by atoms with Crippen LogP contribution in [-0.2, 0) is 4.79 Å². The molecule has 0 aliphatic heterocycles. The lowest BCUT2D eigenvalue weighted by molar-refractivity contribution is -0.137. The number of nitrogens with two attached hydrogens (primary N) is 1. The highest BCUT2D eigenvalue weighted by Crippen LogP contribution is 2.34. The molecule has 6 heteroatoms. The van der Waals surface area contributed by atoms with Crippen molar-refractivity contribution in [3.63, 3.8) is 0 Å². The number of methoxy groups -OCH3 is 1. The van der Waals surface area contributed by atoms with Crippen molar-refractivity contribution in [1.82, 2.24) is 0 Å². The number of rotatable bonds is 5. The monoisotopic (exact) mass is 307 g/mol. The predicted molar refractivity (Wildman–Crippen MR) is 77.5 cm³/mol. The molecule has 0 aliphatic rings. The first kappa shape index (κ1) is 15.9. The molecule has 0 aliphatic carbocycles. The topological polar surface area (TPSA) is 72.5 Å². The highest BCUT2D eigenvalue weighted by molar-refractivity contribution is 5.73. The average molecular weight is 307 g/mol. The Labute approximate surface area is 126 Å². The first-order valence-corrected chi connectivity index (χ1v) is 6.53. The van der Waals surface area contributed by atoms with Gasteiger partial charge in [0.2, 0.25) is 0 Å². The van der Waals surface area contributed by atoms with E-state index >= 15 is 0 Å². The Kier molecular flexibility index (Phi) is 4.72. The van der Waals surface area contributed by atoms with Gasteiger partial charge in [0.05, 0.1) is 13.5 Å². The molecule has 4 nitrogen and oxygen atoms in total.